The van der Waals surface area contributed by atoms with Crippen molar-refractivity contribution in [1.29, 1.82) is 0 Å². The van der Waals surface area contributed by atoms with Crippen LogP contribution >= 0.6 is 0 Å². The summed E-state index contributed by atoms with van der Waals surface area (Å²) >= 11 is 0. The van der Waals surface area contributed by atoms with E-state index in [2.05, 4.69) is 28.5 Å². The summed E-state index contributed by atoms with van der Waals surface area (Å²) in [5, 5.41) is 3.06. The van der Waals surface area contributed by atoms with Gasteiger partial charge in [-0.05, 0) is 42.5 Å². The van der Waals surface area contributed by atoms with Crippen molar-refractivity contribution < 1.29 is 4.79 Å². The summed E-state index contributed by atoms with van der Waals surface area (Å²) in [6.07, 6.45) is 4.43. The normalized spacial score (nSPS) is 17.3. The molecule has 4 heteroatoms. The van der Waals surface area contributed by atoms with Crippen LogP contribution in [0.2, 0.25) is 0 Å². The van der Waals surface area contributed by atoms with Crippen LogP contribution < -0.4 is 11.1 Å². The molecular formula is C16H17N3O. The average Bonchev–Trinajstić information content (AvgIpc) is 2.47. The van der Waals surface area contributed by atoms with Crippen LogP contribution in [0.15, 0.2) is 42.6 Å². The molecule has 0 spiro atoms. The molecule has 1 aliphatic rings. The van der Waals surface area contributed by atoms with Gasteiger partial charge in [0.25, 0.3) is 5.91 Å². The number of aromatic nitrogens is 1. The van der Waals surface area contributed by atoms with Gasteiger partial charge in [0.05, 0.1) is 5.56 Å². The van der Waals surface area contributed by atoms with Gasteiger partial charge in [-0.3, -0.25) is 4.79 Å². The summed E-state index contributed by atoms with van der Waals surface area (Å²) in [6.45, 7) is 0. The highest BCUT2D eigenvalue weighted by molar-refractivity contribution is 5.98. The van der Waals surface area contributed by atoms with Gasteiger partial charge in [0.2, 0.25) is 0 Å². The number of carbonyl (C=O) groups excluding carboxylic acids is 1. The molecule has 0 bridgehead atoms. The van der Waals surface area contributed by atoms with Crippen molar-refractivity contribution in [2.75, 3.05) is 5.73 Å². The van der Waals surface area contributed by atoms with Crippen LogP contribution in [0.25, 0.3) is 0 Å². The van der Waals surface area contributed by atoms with Crippen molar-refractivity contribution in [1.82, 2.24) is 10.3 Å². The lowest BCUT2D eigenvalue weighted by molar-refractivity contribution is 0.0934. The molecule has 1 aromatic heterocycles. The van der Waals surface area contributed by atoms with Gasteiger partial charge in [-0.25, -0.2) is 4.98 Å². The molecule has 1 atom stereocenters. The number of hydrogen-bond donors (Lipinski definition) is 2. The molecule has 0 fully saturated rings. The Bertz CT molecular complexity index is 639. The van der Waals surface area contributed by atoms with E-state index in [4.69, 9.17) is 5.73 Å². The number of benzene rings is 1. The molecule has 0 saturated carbocycles. The third-order valence-corrected chi connectivity index (χ3v) is 3.77. The van der Waals surface area contributed by atoms with Gasteiger partial charge in [0.1, 0.15) is 5.82 Å². The number of nitrogens with zero attached hydrogens (tertiary/aromatic N) is 1. The maximum atomic E-state index is 12.2. The van der Waals surface area contributed by atoms with E-state index < -0.39 is 0 Å². The predicted octanol–water partition coefficient (Wildman–Crippen LogP) is 1.95. The lowest BCUT2D eigenvalue weighted by atomic mass is 9.88. The van der Waals surface area contributed by atoms with Crippen LogP contribution in [0.4, 0.5) is 5.82 Å². The van der Waals surface area contributed by atoms with Crippen molar-refractivity contribution in [2.24, 2.45) is 0 Å². The van der Waals surface area contributed by atoms with Crippen molar-refractivity contribution in [3.8, 4) is 0 Å². The Hall–Kier alpha value is -2.36. The van der Waals surface area contributed by atoms with E-state index in [9.17, 15) is 4.79 Å². The summed E-state index contributed by atoms with van der Waals surface area (Å²) in [4.78, 5) is 16.2. The number of carbonyl (C=O) groups is 1. The third-order valence-electron chi connectivity index (χ3n) is 3.77. The van der Waals surface area contributed by atoms with Gasteiger partial charge in [-0.15, -0.1) is 0 Å². The number of nitrogen functional groups attached to an aromatic ring is 1. The Morgan fingerprint density at radius 2 is 2.00 bits per heavy atom. The van der Waals surface area contributed by atoms with Crippen molar-refractivity contribution in [3.63, 3.8) is 0 Å². The fourth-order valence-electron chi connectivity index (χ4n) is 2.69. The minimum atomic E-state index is -0.139. The minimum absolute atomic E-state index is 0.139. The summed E-state index contributed by atoms with van der Waals surface area (Å²) in [7, 11) is 0. The molecule has 1 amide bonds. The molecule has 4 nitrogen and oxygen atoms in total. The van der Waals surface area contributed by atoms with Gasteiger partial charge < -0.3 is 11.1 Å². The number of hydrogen-bond acceptors (Lipinski definition) is 3. The van der Waals surface area contributed by atoms with Gasteiger partial charge in [0.15, 0.2) is 0 Å². The molecule has 1 aromatic carbocycles. The molecule has 2 aromatic rings. The van der Waals surface area contributed by atoms with E-state index in [1.807, 2.05) is 6.07 Å². The van der Waals surface area contributed by atoms with E-state index in [1.165, 1.54) is 11.1 Å². The number of amides is 1. The third kappa shape index (κ3) is 2.50. The highest BCUT2D eigenvalue weighted by Gasteiger charge is 2.21. The number of fused-ring (bicyclic) bond motifs is 1. The monoisotopic (exact) mass is 267 g/mol. The van der Waals surface area contributed by atoms with E-state index >= 15 is 0 Å². The van der Waals surface area contributed by atoms with Crippen LogP contribution in [-0.2, 0) is 12.8 Å². The fourth-order valence-corrected chi connectivity index (χ4v) is 2.69. The van der Waals surface area contributed by atoms with Crippen molar-refractivity contribution in [2.45, 2.75) is 25.3 Å². The summed E-state index contributed by atoms with van der Waals surface area (Å²) in [5.41, 5.74) is 8.89. The van der Waals surface area contributed by atoms with E-state index in [0.717, 1.165) is 19.3 Å². The number of nitrogens with one attached hydrogen (secondary N) is 1. The van der Waals surface area contributed by atoms with Crippen molar-refractivity contribution >= 4 is 11.7 Å². The molecule has 3 N–H and O–H groups in total. The Kier molecular flexibility index (Phi) is 3.37. The van der Waals surface area contributed by atoms with Gasteiger partial charge >= 0.3 is 0 Å². The summed E-state index contributed by atoms with van der Waals surface area (Å²) in [5.74, 6) is 0.140. The highest BCUT2D eigenvalue weighted by Crippen LogP contribution is 2.21. The fraction of sp³-hybridized carbons (Fsp3) is 0.250. The summed E-state index contributed by atoms with van der Waals surface area (Å²) < 4.78 is 0. The molecular weight excluding hydrogens is 250 g/mol. The quantitative estimate of drug-likeness (QED) is 0.874. The van der Waals surface area contributed by atoms with Crippen LogP contribution in [0.1, 0.15) is 27.9 Å². The first-order valence-electron chi connectivity index (χ1n) is 6.82. The highest BCUT2D eigenvalue weighted by atomic mass is 16.1. The molecule has 20 heavy (non-hydrogen) atoms. The number of pyridine rings is 1. The van der Waals surface area contributed by atoms with Gasteiger partial charge in [-0.2, -0.15) is 0 Å². The first kappa shape index (κ1) is 12.7. The molecule has 0 saturated heterocycles. The molecule has 3 rings (SSSR count). The standard InChI is InChI=1S/C16H17N3O/c17-15-14(6-3-9-18-15)16(20)19-13-8-7-11-4-1-2-5-12(11)10-13/h1-6,9,13H,7-8,10H2,(H2,17,18)(H,19,20)/t13-/m0/s1. The Morgan fingerprint density at radius 3 is 2.80 bits per heavy atom. The topological polar surface area (TPSA) is 68.0 Å². The van der Waals surface area contributed by atoms with Crippen LogP contribution in [0.3, 0.4) is 0 Å². The Morgan fingerprint density at radius 1 is 1.20 bits per heavy atom. The molecule has 0 aliphatic heterocycles. The molecule has 1 aliphatic carbocycles. The second-order valence-electron chi connectivity index (χ2n) is 5.12. The zero-order valence-electron chi connectivity index (χ0n) is 11.2. The lowest BCUT2D eigenvalue weighted by Gasteiger charge is -2.25. The zero-order valence-corrected chi connectivity index (χ0v) is 11.2. The second-order valence-corrected chi connectivity index (χ2v) is 5.12. The summed E-state index contributed by atoms with van der Waals surface area (Å²) in [6, 6.07) is 12.0. The number of rotatable bonds is 2. The van der Waals surface area contributed by atoms with Crippen LogP contribution in [0.5, 0.6) is 0 Å². The zero-order chi connectivity index (χ0) is 13.9. The molecule has 102 valence electrons. The Labute approximate surface area is 118 Å². The van der Waals surface area contributed by atoms with Crippen molar-refractivity contribution in [3.05, 3.63) is 59.3 Å². The van der Waals surface area contributed by atoms with E-state index in [1.54, 1.807) is 18.3 Å². The maximum Gasteiger partial charge on any atom is 0.255 e. The first-order valence-corrected chi connectivity index (χ1v) is 6.82. The molecule has 0 unspecified atom stereocenters. The number of aryl methyl sites for hydroxylation is 1. The van der Waals surface area contributed by atoms with Gasteiger partial charge in [0, 0.05) is 12.2 Å². The lowest BCUT2D eigenvalue weighted by Crippen LogP contribution is -2.39. The second kappa shape index (κ2) is 5.33. The van der Waals surface area contributed by atoms with Crippen LogP contribution in [-0.4, -0.2) is 16.9 Å². The predicted molar refractivity (Wildman–Crippen MR) is 78.4 cm³/mol. The SMILES string of the molecule is Nc1ncccc1C(=O)N[C@H]1CCc2ccccc2C1. The maximum absolute atomic E-state index is 12.2. The first-order chi connectivity index (χ1) is 9.74. The average molecular weight is 267 g/mol. The molecule has 1 heterocycles. The smallest absolute Gasteiger partial charge is 0.255 e. The molecule has 0 radical (unpaired) electrons. The number of nitrogens with two attached hydrogens (primary N) is 1. The van der Waals surface area contributed by atoms with E-state index in [0.29, 0.717) is 5.56 Å². The largest absolute Gasteiger partial charge is 0.383 e. The van der Waals surface area contributed by atoms with Gasteiger partial charge in [-0.1, -0.05) is 24.3 Å². The van der Waals surface area contributed by atoms with Crippen LogP contribution in [0, 0.1) is 0 Å². The number of anilines is 1. The minimum Gasteiger partial charge on any atom is -0.383 e. The van der Waals surface area contributed by atoms with E-state index in [-0.39, 0.29) is 17.8 Å². The Balaban J connectivity index is 1.71.